The number of ether oxygens (including phenoxy) is 1. The van der Waals surface area contributed by atoms with Gasteiger partial charge in [0.2, 0.25) is 0 Å². The van der Waals surface area contributed by atoms with Crippen LogP contribution in [0.15, 0.2) is 42.5 Å². The fourth-order valence-corrected chi connectivity index (χ4v) is 3.91. The molecule has 0 spiro atoms. The van der Waals surface area contributed by atoms with Gasteiger partial charge in [-0.1, -0.05) is 36.4 Å². The van der Waals surface area contributed by atoms with E-state index in [0.29, 0.717) is 0 Å². The molecule has 0 radical (unpaired) electrons. The van der Waals surface area contributed by atoms with Crippen molar-refractivity contribution in [2.45, 2.75) is 38.6 Å². The Bertz CT molecular complexity index is 679. The first-order chi connectivity index (χ1) is 11.4. The zero-order chi connectivity index (χ0) is 15.5. The smallest absolute Gasteiger partial charge is 0.122 e. The summed E-state index contributed by atoms with van der Waals surface area (Å²) in [6.07, 6.45) is 6.19. The highest BCUT2D eigenvalue weighted by Gasteiger charge is 2.16. The van der Waals surface area contributed by atoms with Crippen LogP contribution in [0.1, 0.15) is 35.1 Å². The molecule has 0 bridgehead atoms. The summed E-state index contributed by atoms with van der Waals surface area (Å²) in [6.45, 7) is 4.01. The van der Waals surface area contributed by atoms with Crippen LogP contribution in [0.25, 0.3) is 0 Å². The Hall–Kier alpha value is -1.80. The second-order valence-corrected chi connectivity index (χ2v) is 6.74. The Morgan fingerprint density at radius 3 is 2.61 bits per heavy atom. The van der Waals surface area contributed by atoms with E-state index in [9.17, 15) is 0 Å². The van der Waals surface area contributed by atoms with Crippen LogP contribution >= 0.6 is 0 Å². The second-order valence-electron chi connectivity index (χ2n) is 6.74. The lowest BCUT2D eigenvalue weighted by Crippen LogP contribution is -2.33. The van der Waals surface area contributed by atoms with Gasteiger partial charge in [-0.05, 0) is 60.4 Å². The third kappa shape index (κ3) is 3.28. The van der Waals surface area contributed by atoms with Crippen LogP contribution in [-0.4, -0.2) is 24.6 Å². The molecule has 0 amide bonds. The lowest BCUT2D eigenvalue weighted by Gasteiger charge is -2.28. The first kappa shape index (κ1) is 14.8. The van der Waals surface area contributed by atoms with Crippen molar-refractivity contribution < 1.29 is 4.74 Å². The molecule has 2 heteroatoms. The molecule has 0 saturated carbocycles. The summed E-state index contributed by atoms with van der Waals surface area (Å²) >= 11 is 0. The normalized spacial score (nSPS) is 17.4. The van der Waals surface area contributed by atoms with E-state index in [0.717, 1.165) is 38.4 Å². The van der Waals surface area contributed by atoms with Crippen molar-refractivity contribution in [3.63, 3.8) is 0 Å². The van der Waals surface area contributed by atoms with Crippen molar-refractivity contribution in [1.29, 1.82) is 0 Å². The first-order valence-electron chi connectivity index (χ1n) is 8.93. The fraction of sp³-hybridized carbons (Fsp3) is 0.429. The number of benzene rings is 2. The van der Waals surface area contributed by atoms with Gasteiger partial charge in [-0.3, -0.25) is 4.90 Å². The highest BCUT2D eigenvalue weighted by Crippen LogP contribution is 2.29. The number of hydrogen-bond donors (Lipinski definition) is 0. The monoisotopic (exact) mass is 307 g/mol. The molecule has 4 rings (SSSR count). The molecule has 0 atom stereocenters. The van der Waals surface area contributed by atoms with E-state index in [1.807, 2.05) is 0 Å². The number of hydrogen-bond acceptors (Lipinski definition) is 2. The zero-order valence-corrected chi connectivity index (χ0v) is 13.8. The van der Waals surface area contributed by atoms with E-state index < -0.39 is 0 Å². The van der Waals surface area contributed by atoms with E-state index in [1.54, 1.807) is 0 Å². The van der Waals surface area contributed by atoms with Crippen molar-refractivity contribution in [3.8, 4) is 5.75 Å². The maximum atomic E-state index is 6.15. The SMILES string of the molecule is c1ccc2c(c1)CCN(CCOc1cccc3c1CCCC3)C2. The predicted molar refractivity (Wildman–Crippen MR) is 94.0 cm³/mol. The molecule has 23 heavy (non-hydrogen) atoms. The maximum Gasteiger partial charge on any atom is 0.122 e. The topological polar surface area (TPSA) is 12.5 Å². The number of aryl methyl sites for hydroxylation is 1. The molecular formula is C21H25NO. The summed E-state index contributed by atoms with van der Waals surface area (Å²) in [5, 5.41) is 0. The lowest BCUT2D eigenvalue weighted by molar-refractivity contribution is 0.195. The Balaban J connectivity index is 1.35. The minimum atomic E-state index is 0.790. The van der Waals surface area contributed by atoms with Gasteiger partial charge in [0.05, 0.1) is 0 Å². The third-order valence-electron chi connectivity index (χ3n) is 5.23. The van der Waals surface area contributed by atoms with Gasteiger partial charge in [0.15, 0.2) is 0 Å². The molecule has 1 aliphatic carbocycles. The summed E-state index contributed by atoms with van der Waals surface area (Å²) in [7, 11) is 0. The third-order valence-corrected chi connectivity index (χ3v) is 5.23. The van der Waals surface area contributed by atoms with Gasteiger partial charge in [0, 0.05) is 19.6 Å². The molecule has 0 unspecified atom stereocenters. The van der Waals surface area contributed by atoms with Gasteiger partial charge in [0.1, 0.15) is 12.4 Å². The van der Waals surface area contributed by atoms with Crippen molar-refractivity contribution in [3.05, 3.63) is 64.7 Å². The minimum absolute atomic E-state index is 0.790. The quantitative estimate of drug-likeness (QED) is 0.846. The lowest BCUT2D eigenvalue weighted by atomic mass is 9.91. The van der Waals surface area contributed by atoms with Gasteiger partial charge < -0.3 is 4.74 Å². The summed E-state index contributed by atoms with van der Waals surface area (Å²) in [4.78, 5) is 2.51. The molecule has 0 saturated heterocycles. The molecule has 1 heterocycles. The number of fused-ring (bicyclic) bond motifs is 2. The molecule has 0 fully saturated rings. The van der Waals surface area contributed by atoms with Crippen LogP contribution < -0.4 is 4.74 Å². The van der Waals surface area contributed by atoms with Crippen molar-refractivity contribution in [1.82, 2.24) is 4.90 Å². The summed E-state index contributed by atoms with van der Waals surface area (Å²) in [5.41, 5.74) is 5.96. The van der Waals surface area contributed by atoms with E-state index >= 15 is 0 Å². The molecular weight excluding hydrogens is 282 g/mol. The Morgan fingerprint density at radius 1 is 0.826 bits per heavy atom. The van der Waals surface area contributed by atoms with Gasteiger partial charge in [-0.15, -0.1) is 0 Å². The average molecular weight is 307 g/mol. The molecule has 2 aliphatic rings. The Kier molecular flexibility index (Phi) is 4.34. The largest absolute Gasteiger partial charge is 0.492 e. The second kappa shape index (κ2) is 6.76. The van der Waals surface area contributed by atoms with Crippen molar-refractivity contribution in [2.75, 3.05) is 19.7 Å². The van der Waals surface area contributed by atoms with E-state index in [1.165, 1.54) is 47.9 Å². The standard InChI is InChI=1S/C21H25NO/c1-2-8-19-16-22(13-12-17(19)6-1)14-15-23-21-11-5-9-18-7-3-4-10-20(18)21/h1-2,5-6,8-9,11H,3-4,7,10,12-16H2. The van der Waals surface area contributed by atoms with Crippen LogP contribution in [0.4, 0.5) is 0 Å². The maximum absolute atomic E-state index is 6.15. The van der Waals surface area contributed by atoms with Gasteiger partial charge in [-0.2, -0.15) is 0 Å². The highest BCUT2D eigenvalue weighted by atomic mass is 16.5. The number of rotatable bonds is 4. The fourth-order valence-electron chi connectivity index (χ4n) is 3.91. The highest BCUT2D eigenvalue weighted by molar-refractivity contribution is 5.41. The van der Waals surface area contributed by atoms with Crippen LogP contribution in [0.3, 0.4) is 0 Å². The van der Waals surface area contributed by atoms with Crippen molar-refractivity contribution >= 4 is 0 Å². The molecule has 120 valence electrons. The zero-order valence-electron chi connectivity index (χ0n) is 13.8. The summed E-state index contributed by atoms with van der Waals surface area (Å²) < 4.78 is 6.15. The van der Waals surface area contributed by atoms with Crippen LogP contribution in [0.2, 0.25) is 0 Å². The van der Waals surface area contributed by atoms with Crippen LogP contribution in [0, 0.1) is 0 Å². The van der Waals surface area contributed by atoms with Gasteiger partial charge in [0.25, 0.3) is 0 Å². The van der Waals surface area contributed by atoms with E-state index in [4.69, 9.17) is 4.74 Å². The van der Waals surface area contributed by atoms with Gasteiger partial charge >= 0.3 is 0 Å². The Morgan fingerprint density at radius 2 is 1.65 bits per heavy atom. The molecule has 0 aromatic heterocycles. The number of nitrogens with zero attached hydrogens (tertiary/aromatic N) is 1. The van der Waals surface area contributed by atoms with E-state index in [-0.39, 0.29) is 0 Å². The molecule has 2 nitrogen and oxygen atoms in total. The summed E-state index contributed by atoms with van der Waals surface area (Å²) in [5.74, 6) is 1.12. The van der Waals surface area contributed by atoms with Crippen molar-refractivity contribution in [2.24, 2.45) is 0 Å². The first-order valence-corrected chi connectivity index (χ1v) is 8.93. The Labute approximate surface area is 139 Å². The van der Waals surface area contributed by atoms with Gasteiger partial charge in [-0.25, -0.2) is 0 Å². The molecule has 1 aliphatic heterocycles. The van der Waals surface area contributed by atoms with E-state index in [2.05, 4.69) is 47.4 Å². The van der Waals surface area contributed by atoms with Crippen LogP contribution in [-0.2, 0) is 25.8 Å². The molecule has 0 N–H and O–H groups in total. The molecule has 2 aromatic carbocycles. The average Bonchev–Trinajstić information content (AvgIpc) is 2.62. The van der Waals surface area contributed by atoms with Crippen LogP contribution in [0.5, 0.6) is 5.75 Å². The summed E-state index contributed by atoms with van der Waals surface area (Å²) in [6, 6.07) is 15.4. The predicted octanol–water partition coefficient (Wildman–Crippen LogP) is 4.00. The minimum Gasteiger partial charge on any atom is -0.492 e. The molecule has 2 aromatic rings.